The number of benzene rings is 1. The minimum absolute atomic E-state index is 0.187. The summed E-state index contributed by atoms with van der Waals surface area (Å²) in [6.07, 6.45) is 0. The molecule has 2 rings (SSSR count). The molecule has 1 atom stereocenters. The predicted octanol–water partition coefficient (Wildman–Crippen LogP) is 2.40. The molecule has 1 aromatic rings. The van der Waals surface area contributed by atoms with Gasteiger partial charge in [0.2, 0.25) is 5.91 Å². The van der Waals surface area contributed by atoms with E-state index in [9.17, 15) is 13.6 Å². The molecular weight excluding hydrogens is 208 g/mol. The molecule has 2 nitrogen and oxygen atoms in total. The van der Waals surface area contributed by atoms with Gasteiger partial charge in [-0.1, -0.05) is 0 Å². The fourth-order valence-corrected chi connectivity index (χ4v) is 2.16. The lowest BCUT2D eigenvalue weighted by atomic mass is 10.2. The van der Waals surface area contributed by atoms with Crippen LogP contribution < -0.4 is 5.32 Å². The minimum Gasteiger partial charge on any atom is -0.324 e. The minimum atomic E-state index is -0.945. The number of carbonyl (C=O) groups is 1. The Kier molecular flexibility index (Phi) is 2.19. The van der Waals surface area contributed by atoms with Crippen LogP contribution in [0.15, 0.2) is 17.0 Å². The molecular formula is C9H7F2NOS. The van der Waals surface area contributed by atoms with Crippen molar-refractivity contribution in [3.05, 3.63) is 23.8 Å². The van der Waals surface area contributed by atoms with Crippen LogP contribution in [-0.4, -0.2) is 11.2 Å². The second-order valence-electron chi connectivity index (χ2n) is 3.01. The molecule has 74 valence electrons. The molecule has 1 amide bonds. The van der Waals surface area contributed by atoms with Crippen LogP contribution in [0.3, 0.4) is 0 Å². The predicted molar refractivity (Wildman–Crippen MR) is 50.3 cm³/mol. The zero-order valence-electron chi connectivity index (χ0n) is 7.30. The zero-order chi connectivity index (χ0) is 10.3. The van der Waals surface area contributed by atoms with Gasteiger partial charge in [0, 0.05) is 11.0 Å². The third-order valence-electron chi connectivity index (χ3n) is 1.95. The Labute approximate surface area is 83.7 Å². The Bertz CT molecular complexity index is 408. The Balaban J connectivity index is 2.47. The summed E-state index contributed by atoms with van der Waals surface area (Å²) < 4.78 is 25.6. The number of carbonyl (C=O) groups excluding carboxylic acids is 1. The van der Waals surface area contributed by atoms with E-state index in [1.54, 1.807) is 6.92 Å². The molecule has 1 aliphatic heterocycles. The molecule has 5 heteroatoms. The van der Waals surface area contributed by atoms with Gasteiger partial charge in [-0.2, -0.15) is 0 Å². The number of fused-ring (bicyclic) bond motifs is 1. The Morgan fingerprint density at radius 3 is 2.71 bits per heavy atom. The zero-order valence-corrected chi connectivity index (χ0v) is 8.12. The summed E-state index contributed by atoms with van der Waals surface area (Å²) in [6, 6.07) is 2.10. The van der Waals surface area contributed by atoms with Gasteiger partial charge in [0.05, 0.1) is 10.9 Å². The van der Waals surface area contributed by atoms with Crippen LogP contribution in [0.1, 0.15) is 6.92 Å². The van der Waals surface area contributed by atoms with Crippen molar-refractivity contribution in [2.45, 2.75) is 17.1 Å². The third kappa shape index (κ3) is 1.48. The fraction of sp³-hybridized carbons (Fsp3) is 0.222. The van der Waals surface area contributed by atoms with E-state index in [-0.39, 0.29) is 11.2 Å². The molecule has 0 spiro atoms. The van der Waals surface area contributed by atoms with Gasteiger partial charge < -0.3 is 5.32 Å². The quantitative estimate of drug-likeness (QED) is 0.720. The summed E-state index contributed by atoms with van der Waals surface area (Å²) in [5, 5.41) is 2.24. The van der Waals surface area contributed by atoms with Crippen LogP contribution in [0.25, 0.3) is 0 Å². The third-order valence-corrected chi connectivity index (χ3v) is 3.11. The van der Waals surface area contributed by atoms with Crippen molar-refractivity contribution in [3.8, 4) is 0 Å². The number of halogens is 2. The standard InChI is InChI=1S/C9H7F2NOS/c1-4-9(13)12-7-2-5(10)6(11)3-8(7)14-4/h2-4H,1H3,(H,12,13). The van der Waals surface area contributed by atoms with Crippen molar-refractivity contribution < 1.29 is 13.6 Å². The van der Waals surface area contributed by atoms with E-state index in [1.165, 1.54) is 11.8 Å². The van der Waals surface area contributed by atoms with Crippen molar-refractivity contribution in [2.75, 3.05) is 5.32 Å². The van der Waals surface area contributed by atoms with Gasteiger partial charge in [-0.25, -0.2) is 8.78 Å². The first-order valence-electron chi connectivity index (χ1n) is 4.04. The van der Waals surface area contributed by atoms with Crippen LogP contribution in [0.4, 0.5) is 14.5 Å². The largest absolute Gasteiger partial charge is 0.324 e. The van der Waals surface area contributed by atoms with Gasteiger partial charge in [0.1, 0.15) is 0 Å². The van der Waals surface area contributed by atoms with Crippen LogP contribution >= 0.6 is 11.8 Å². The summed E-state index contributed by atoms with van der Waals surface area (Å²) in [5.74, 6) is -2.02. The van der Waals surface area contributed by atoms with Crippen molar-refractivity contribution in [1.29, 1.82) is 0 Å². The SMILES string of the molecule is CC1Sc2cc(F)c(F)cc2NC1=O. The lowest BCUT2D eigenvalue weighted by Crippen LogP contribution is -2.26. The molecule has 0 fully saturated rings. The average molecular weight is 215 g/mol. The average Bonchev–Trinajstić information content (AvgIpc) is 2.11. The first kappa shape index (κ1) is 9.45. The van der Waals surface area contributed by atoms with E-state index in [0.29, 0.717) is 10.6 Å². The molecule has 0 bridgehead atoms. The molecule has 0 saturated heterocycles. The van der Waals surface area contributed by atoms with Crippen molar-refractivity contribution >= 4 is 23.4 Å². The Morgan fingerprint density at radius 2 is 2.00 bits per heavy atom. The fourth-order valence-electron chi connectivity index (χ4n) is 1.20. The monoisotopic (exact) mass is 215 g/mol. The number of amides is 1. The number of hydrogen-bond acceptors (Lipinski definition) is 2. The maximum atomic E-state index is 12.8. The van der Waals surface area contributed by atoms with Gasteiger partial charge >= 0.3 is 0 Å². The van der Waals surface area contributed by atoms with E-state index in [2.05, 4.69) is 5.32 Å². The number of nitrogens with one attached hydrogen (secondary N) is 1. The lowest BCUT2D eigenvalue weighted by molar-refractivity contribution is -0.115. The summed E-state index contributed by atoms with van der Waals surface area (Å²) in [6.45, 7) is 1.71. The Hall–Kier alpha value is -1.10. The maximum Gasteiger partial charge on any atom is 0.237 e. The summed E-state index contributed by atoms with van der Waals surface area (Å²) >= 11 is 1.22. The molecule has 0 radical (unpaired) electrons. The molecule has 1 aliphatic rings. The van der Waals surface area contributed by atoms with Crippen molar-refractivity contribution in [3.63, 3.8) is 0 Å². The molecule has 14 heavy (non-hydrogen) atoms. The topological polar surface area (TPSA) is 29.1 Å². The van der Waals surface area contributed by atoms with E-state index in [4.69, 9.17) is 0 Å². The first-order chi connectivity index (χ1) is 6.58. The first-order valence-corrected chi connectivity index (χ1v) is 4.92. The van der Waals surface area contributed by atoms with Crippen LogP contribution in [-0.2, 0) is 4.79 Å². The van der Waals surface area contributed by atoms with E-state index < -0.39 is 11.6 Å². The second-order valence-corrected chi connectivity index (χ2v) is 4.39. The molecule has 1 N–H and O–H groups in total. The highest BCUT2D eigenvalue weighted by Crippen LogP contribution is 2.36. The smallest absolute Gasteiger partial charge is 0.237 e. The number of anilines is 1. The highest BCUT2D eigenvalue weighted by Gasteiger charge is 2.24. The van der Waals surface area contributed by atoms with Crippen molar-refractivity contribution in [2.24, 2.45) is 0 Å². The highest BCUT2D eigenvalue weighted by molar-refractivity contribution is 8.00. The molecule has 1 aromatic carbocycles. The number of hydrogen-bond donors (Lipinski definition) is 1. The number of rotatable bonds is 0. The maximum absolute atomic E-state index is 12.8. The lowest BCUT2D eigenvalue weighted by Gasteiger charge is -2.21. The summed E-state index contributed by atoms with van der Waals surface area (Å²) in [4.78, 5) is 11.8. The summed E-state index contributed by atoms with van der Waals surface area (Å²) in [5.41, 5.74) is 0.344. The van der Waals surface area contributed by atoms with Crippen LogP contribution in [0.5, 0.6) is 0 Å². The van der Waals surface area contributed by atoms with E-state index in [0.717, 1.165) is 12.1 Å². The molecule has 1 unspecified atom stereocenters. The van der Waals surface area contributed by atoms with Gasteiger partial charge in [-0.15, -0.1) is 11.8 Å². The molecule has 1 heterocycles. The van der Waals surface area contributed by atoms with E-state index in [1.807, 2.05) is 0 Å². The second kappa shape index (κ2) is 3.24. The summed E-state index contributed by atoms with van der Waals surface area (Å²) in [7, 11) is 0. The van der Waals surface area contributed by atoms with Crippen LogP contribution in [0.2, 0.25) is 0 Å². The molecule has 0 aromatic heterocycles. The highest BCUT2D eigenvalue weighted by atomic mass is 32.2. The van der Waals surface area contributed by atoms with Crippen molar-refractivity contribution in [1.82, 2.24) is 0 Å². The van der Waals surface area contributed by atoms with Gasteiger partial charge in [-0.05, 0) is 13.0 Å². The van der Waals surface area contributed by atoms with Gasteiger partial charge in [0.25, 0.3) is 0 Å². The van der Waals surface area contributed by atoms with Gasteiger partial charge in [0.15, 0.2) is 11.6 Å². The molecule has 0 aliphatic carbocycles. The van der Waals surface area contributed by atoms with Crippen LogP contribution in [0, 0.1) is 11.6 Å². The Morgan fingerprint density at radius 1 is 1.36 bits per heavy atom. The normalized spacial score (nSPS) is 20.2. The van der Waals surface area contributed by atoms with E-state index >= 15 is 0 Å². The van der Waals surface area contributed by atoms with Gasteiger partial charge in [-0.3, -0.25) is 4.79 Å². The number of thioether (sulfide) groups is 1. The molecule has 0 saturated carbocycles.